The van der Waals surface area contributed by atoms with Crippen molar-refractivity contribution in [3.05, 3.63) is 33.8 Å². The highest BCUT2D eigenvalue weighted by Crippen LogP contribution is 2.40. The maximum atomic E-state index is 12.2. The Balaban J connectivity index is 2.48. The van der Waals surface area contributed by atoms with E-state index in [2.05, 4.69) is 0 Å². The predicted octanol–water partition coefficient (Wildman–Crippen LogP) is 3.39. The van der Waals surface area contributed by atoms with E-state index >= 15 is 0 Å². The molecule has 1 saturated heterocycles. The number of carbonyl (C=O) groups excluding carboxylic acids is 1. The molecule has 2 unspecified atom stereocenters. The van der Waals surface area contributed by atoms with E-state index < -0.39 is 0 Å². The predicted molar refractivity (Wildman–Crippen MR) is 78.4 cm³/mol. The van der Waals surface area contributed by atoms with Gasteiger partial charge in [0.15, 0.2) is 0 Å². The summed E-state index contributed by atoms with van der Waals surface area (Å²) in [6.07, 6.45) is 0.348. The average molecular weight is 301 g/mol. The maximum absolute atomic E-state index is 12.2. The van der Waals surface area contributed by atoms with Crippen LogP contribution in [0.25, 0.3) is 0 Å². The summed E-state index contributed by atoms with van der Waals surface area (Å²) in [6, 6.07) is 4.88. The van der Waals surface area contributed by atoms with Crippen LogP contribution in [-0.4, -0.2) is 22.4 Å². The standard InChI is InChI=1S/C14H18Cl2N2O/c1-14(2,3)18-12(19)7-11(17)13(18)9-5-4-8(15)6-10(9)16/h4-6,11,13H,7,17H2,1-3H3. The smallest absolute Gasteiger partial charge is 0.225 e. The third kappa shape index (κ3) is 2.73. The fraction of sp³-hybridized carbons (Fsp3) is 0.500. The van der Waals surface area contributed by atoms with E-state index in [1.54, 1.807) is 12.1 Å². The second-order valence-corrected chi connectivity index (χ2v) is 6.76. The Bertz CT molecular complexity index is 511. The Morgan fingerprint density at radius 1 is 1.32 bits per heavy atom. The highest BCUT2D eigenvalue weighted by Gasteiger charge is 2.44. The lowest BCUT2D eigenvalue weighted by Crippen LogP contribution is -2.45. The van der Waals surface area contributed by atoms with Crippen molar-refractivity contribution in [3.8, 4) is 0 Å². The van der Waals surface area contributed by atoms with Gasteiger partial charge in [0.25, 0.3) is 0 Å². The van der Waals surface area contributed by atoms with Crippen molar-refractivity contribution in [1.82, 2.24) is 4.90 Å². The van der Waals surface area contributed by atoms with Crippen LogP contribution in [0.3, 0.4) is 0 Å². The summed E-state index contributed by atoms with van der Waals surface area (Å²) in [5, 5.41) is 1.13. The van der Waals surface area contributed by atoms with Crippen LogP contribution in [0, 0.1) is 0 Å². The van der Waals surface area contributed by atoms with Crippen LogP contribution in [0.1, 0.15) is 38.8 Å². The molecule has 2 N–H and O–H groups in total. The Kier molecular flexibility index (Phi) is 3.83. The second kappa shape index (κ2) is 4.97. The molecule has 1 aromatic rings. The minimum Gasteiger partial charge on any atom is -0.329 e. The quantitative estimate of drug-likeness (QED) is 0.864. The molecule has 0 saturated carbocycles. The summed E-state index contributed by atoms with van der Waals surface area (Å²) >= 11 is 12.2. The van der Waals surface area contributed by atoms with Gasteiger partial charge in [-0.05, 0) is 38.5 Å². The number of hydrogen-bond donors (Lipinski definition) is 1. The Morgan fingerprint density at radius 2 is 1.95 bits per heavy atom. The van der Waals surface area contributed by atoms with Gasteiger partial charge in [0.1, 0.15) is 0 Å². The van der Waals surface area contributed by atoms with Crippen molar-refractivity contribution in [2.45, 2.75) is 44.8 Å². The molecule has 3 nitrogen and oxygen atoms in total. The lowest BCUT2D eigenvalue weighted by Gasteiger charge is -2.38. The molecule has 5 heteroatoms. The van der Waals surface area contributed by atoms with Crippen molar-refractivity contribution < 1.29 is 4.79 Å². The topological polar surface area (TPSA) is 46.3 Å². The second-order valence-electron chi connectivity index (χ2n) is 5.91. The first-order valence-electron chi connectivity index (χ1n) is 6.24. The van der Waals surface area contributed by atoms with Gasteiger partial charge in [-0.3, -0.25) is 4.79 Å². The van der Waals surface area contributed by atoms with E-state index in [4.69, 9.17) is 28.9 Å². The number of hydrogen-bond acceptors (Lipinski definition) is 2. The van der Waals surface area contributed by atoms with E-state index in [1.165, 1.54) is 0 Å². The molecule has 0 bridgehead atoms. The van der Waals surface area contributed by atoms with Gasteiger partial charge in [0.05, 0.1) is 6.04 Å². The minimum atomic E-state index is -0.293. The molecule has 1 aliphatic heterocycles. The molecule has 104 valence electrons. The molecular formula is C14H18Cl2N2O. The van der Waals surface area contributed by atoms with Crippen LogP contribution in [0.4, 0.5) is 0 Å². The van der Waals surface area contributed by atoms with E-state index in [-0.39, 0.29) is 23.5 Å². The molecule has 19 heavy (non-hydrogen) atoms. The van der Waals surface area contributed by atoms with Crippen LogP contribution in [0.2, 0.25) is 10.0 Å². The van der Waals surface area contributed by atoms with Crippen LogP contribution >= 0.6 is 23.2 Å². The molecule has 1 fully saturated rings. The molecule has 0 radical (unpaired) electrons. The van der Waals surface area contributed by atoms with E-state index in [9.17, 15) is 4.79 Å². The van der Waals surface area contributed by atoms with Crippen molar-refractivity contribution in [3.63, 3.8) is 0 Å². The van der Waals surface area contributed by atoms with Gasteiger partial charge in [0.2, 0.25) is 5.91 Å². The summed E-state index contributed by atoms with van der Waals surface area (Å²) in [7, 11) is 0. The first kappa shape index (κ1) is 14.6. The number of halogens is 2. The number of nitrogens with zero attached hydrogens (tertiary/aromatic N) is 1. The van der Waals surface area contributed by atoms with Gasteiger partial charge < -0.3 is 10.6 Å². The summed E-state index contributed by atoms with van der Waals surface area (Å²) < 4.78 is 0. The number of amides is 1. The normalized spacial score (nSPS) is 24.1. The van der Waals surface area contributed by atoms with Gasteiger partial charge >= 0.3 is 0 Å². The molecular weight excluding hydrogens is 283 g/mol. The van der Waals surface area contributed by atoms with Crippen molar-refractivity contribution >= 4 is 29.1 Å². The van der Waals surface area contributed by atoms with Gasteiger partial charge in [0, 0.05) is 28.0 Å². The lowest BCUT2D eigenvalue weighted by molar-refractivity contribution is -0.133. The maximum Gasteiger partial charge on any atom is 0.225 e. The van der Waals surface area contributed by atoms with Crippen LogP contribution in [0.15, 0.2) is 18.2 Å². The minimum absolute atomic E-state index is 0.0658. The zero-order valence-electron chi connectivity index (χ0n) is 11.3. The number of benzene rings is 1. The molecule has 1 aromatic carbocycles. The molecule has 2 rings (SSSR count). The van der Waals surface area contributed by atoms with Crippen LogP contribution < -0.4 is 5.73 Å². The van der Waals surface area contributed by atoms with Crippen LogP contribution in [-0.2, 0) is 4.79 Å². The molecule has 1 aliphatic rings. The Morgan fingerprint density at radius 3 is 2.47 bits per heavy atom. The Labute approximate surface area is 123 Å². The first-order chi connectivity index (χ1) is 8.71. The van der Waals surface area contributed by atoms with Gasteiger partial charge in [-0.15, -0.1) is 0 Å². The first-order valence-corrected chi connectivity index (χ1v) is 7.00. The van der Waals surface area contributed by atoms with E-state index in [0.717, 1.165) is 5.56 Å². The summed E-state index contributed by atoms with van der Waals surface area (Å²) in [6.45, 7) is 6.00. The van der Waals surface area contributed by atoms with Gasteiger partial charge in [-0.1, -0.05) is 29.3 Å². The molecule has 0 aromatic heterocycles. The van der Waals surface area contributed by atoms with E-state index in [1.807, 2.05) is 31.7 Å². The third-order valence-corrected chi connectivity index (χ3v) is 3.93. The average Bonchev–Trinajstić information content (AvgIpc) is 2.53. The van der Waals surface area contributed by atoms with Crippen molar-refractivity contribution in [2.75, 3.05) is 0 Å². The third-order valence-electron chi connectivity index (χ3n) is 3.37. The molecule has 2 atom stereocenters. The number of carbonyl (C=O) groups is 1. The number of nitrogens with two attached hydrogens (primary N) is 1. The van der Waals surface area contributed by atoms with Crippen molar-refractivity contribution in [2.24, 2.45) is 5.73 Å². The molecule has 1 heterocycles. The monoisotopic (exact) mass is 300 g/mol. The van der Waals surface area contributed by atoms with Gasteiger partial charge in [-0.25, -0.2) is 0 Å². The SMILES string of the molecule is CC(C)(C)N1C(=O)CC(N)C1c1ccc(Cl)cc1Cl. The summed E-state index contributed by atoms with van der Waals surface area (Å²) in [5.74, 6) is 0.0658. The zero-order chi connectivity index (χ0) is 14.4. The molecule has 0 aliphatic carbocycles. The fourth-order valence-electron chi connectivity index (χ4n) is 2.66. The molecule has 0 spiro atoms. The van der Waals surface area contributed by atoms with Gasteiger partial charge in [-0.2, -0.15) is 0 Å². The summed E-state index contributed by atoms with van der Waals surface area (Å²) in [5.41, 5.74) is 6.71. The van der Waals surface area contributed by atoms with Crippen molar-refractivity contribution in [1.29, 1.82) is 0 Å². The number of likely N-dealkylation sites (tertiary alicyclic amines) is 1. The lowest BCUT2D eigenvalue weighted by atomic mass is 9.97. The van der Waals surface area contributed by atoms with Crippen LogP contribution in [0.5, 0.6) is 0 Å². The largest absolute Gasteiger partial charge is 0.329 e. The molecule has 1 amide bonds. The highest BCUT2D eigenvalue weighted by atomic mass is 35.5. The van der Waals surface area contributed by atoms with E-state index in [0.29, 0.717) is 16.5 Å². The zero-order valence-corrected chi connectivity index (χ0v) is 12.8. The fourth-order valence-corrected chi connectivity index (χ4v) is 3.18. The number of rotatable bonds is 1. The Hall–Kier alpha value is -0.770. The highest BCUT2D eigenvalue weighted by molar-refractivity contribution is 6.35. The summed E-state index contributed by atoms with van der Waals surface area (Å²) in [4.78, 5) is 14.0.